The average molecular weight is 473 g/mol. The van der Waals surface area contributed by atoms with Crippen LogP contribution in [0.4, 0.5) is 0 Å². The summed E-state index contributed by atoms with van der Waals surface area (Å²) in [7, 11) is 6.55. The van der Waals surface area contributed by atoms with Gasteiger partial charge >= 0.3 is 0 Å². The quantitative estimate of drug-likeness (QED) is 0.345. The molecule has 182 valence electrons. The molecule has 0 aliphatic carbocycles. The molecule has 4 aromatic rings. The van der Waals surface area contributed by atoms with E-state index in [1.165, 1.54) is 0 Å². The zero-order valence-electron chi connectivity index (χ0n) is 21.1. The second-order valence-corrected chi connectivity index (χ2v) is 9.17. The monoisotopic (exact) mass is 472 g/mol. The van der Waals surface area contributed by atoms with Crippen molar-refractivity contribution in [2.24, 2.45) is 5.73 Å². The van der Waals surface area contributed by atoms with Gasteiger partial charge in [0.2, 0.25) is 0 Å². The van der Waals surface area contributed by atoms with Crippen LogP contribution < -0.4 is 24.7 Å². The fraction of sp³-hybridized carbons (Fsp3) is 0.276. The van der Waals surface area contributed by atoms with Crippen LogP contribution in [0.2, 0.25) is 0 Å². The van der Waals surface area contributed by atoms with Gasteiger partial charge in [0.25, 0.3) is 0 Å². The zero-order valence-corrected chi connectivity index (χ0v) is 21.1. The van der Waals surface area contributed by atoms with Crippen LogP contribution in [0.5, 0.6) is 23.0 Å². The van der Waals surface area contributed by atoms with Gasteiger partial charge in [0.1, 0.15) is 0 Å². The van der Waals surface area contributed by atoms with Crippen molar-refractivity contribution in [3.8, 4) is 45.4 Å². The fourth-order valence-electron chi connectivity index (χ4n) is 4.35. The Morgan fingerprint density at radius 3 is 2.00 bits per heavy atom. The van der Waals surface area contributed by atoms with Gasteiger partial charge in [0.15, 0.2) is 23.0 Å². The minimum absolute atomic E-state index is 0.413. The number of aromatic nitrogens is 1. The summed E-state index contributed by atoms with van der Waals surface area (Å²) in [5.74, 6) is 2.66. The Bertz CT molecular complexity index is 1360. The van der Waals surface area contributed by atoms with Gasteiger partial charge in [-0.2, -0.15) is 0 Å². The van der Waals surface area contributed by atoms with Crippen molar-refractivity contribution >= 4 is 10.9 Å². The Hall–Kier alpha value is -3.77. The molecule has 0 bridgehead atoms. The highest BCUT2D eigenvalue weighted by atomic mass is 16.5. The third-order valence-electron chi connectivity index (χ3n) is 5.94. The minimum Gasteiger partial charge on any atom is -0.493 e. The molecule has 6 heteroatoms. The molecule has 0 saturated carbocycles. The molecular weight excluding hydrogens is 440 g/mol. The number of nitrogens with two attached hydrogens (primary N) is 1. The highest BCUT2D eigenvalue weighted by molar-refractivity contribution is 5.98. The molecule has 0 aliphatic heterocycles. The van der Waals surface area contributed by atoms with E-state index in [0.717, 1.165) is 38.9 Å². The van der Waals surface area contributed by atoms with Gasteiger partial charge in [0, 0.05) is 16.5 Å². The minimum atomic E-state index is -0.413. The molecule has 0 radical (unpaired) electrons. The van der Waals surface area contributed by atoms with Crippen LogP contribution in [0.1, 0.15) is 19.4 Å². The number of nitrogens with zero attached hydrogens (tertiary/aromatic N) is 1. The molecule has 0 saturated heterocycles. The molecule has 2 N–H and O–H groups in total. The summed E-state index contributed by atoms with van der Waals surface area (Å²) in [6.45, 7) is 4.04. The van der Waals surface area contributed by atoms with E-state index in [9.17, 15) is 0 Å². The van der Waals surface area contributed by atoms with E-state index in [2.05, 4.69) is 12.1 Å². The molecule has 1 heterocycles. The Morgan fingerprint density at radius 1 is 0.714 bits per heavy atom. The number of ether oxygens (including phenoxy) is 4. The van der Waals surface area contributed by atoms with Crippen LogP contribution in [0.3, 0.4) is 0 Å². The first kappa shape index (κ1) is 24.4. The number of hydrogen-bond acceptors (Lipinski definition) is 6. The van der Waals surface area contributed by atoms with Crippen molar-refractivity contribution in [2.75, 3.05) is 28.4 Å². The van der Waals surface area contributed by atoms with Gasteiger partial charge in [0.05, 0.1) is 39.6 Å². The summed E-state index contributed by atoms with van der Waals surface area (Å²) < 4.78 is 22.2. The molecule has 0 spiro atoms. The van der Waals surface area contributed by atoms with E-state index >= 15 is 0 Å². The zero-order chi connectivity index (χ0) is 25.2. The SMILES string of the molecule is COc1ccc(-c2cc(-c3cc(OC)c(OC)cc3CC(C)(C)N)c3ccccc3n2)cc1OC. The Kier molecular flexibility index (Phi) is 6.85. The summed E-state index contributed by atoms with van der Waals surface area (Å²) in [5.41, 5.74) is 11.8. The summed E-state index contributed by atoms with van der Waals surface area (Å²) in [5, 5.41) is 1.04. The average Bonchev–Trinajstić information content (AvgIpc) is 2.86. The van der Waals surface area contributed by atoms with Crippen LogP contribution in [0.15, 0.2) is 60.7 Å². The van der Waals surface area contributed by atoms with E-state index in [1.54, 1.807) is 28.4 Å². The van der Waals surface area contributed by atoms with Crippen LogP contribution >= 0.6 is 0 Å². The first-order valence-electron chi connectivity index (χ1n) is 11.4. The van der Waals surface area contributed by atoms with Crippen molar-refractivity contribution in [3.63, 3.8) is 0 Å². The van der Waals surface area contributed by atoms with Crippen molar-refractivity contribution in [1.82, 2.24) is 4.98 Å². The number of fused-ring (bicyclic) bond motifs is 1. The Morgan fingerprint density at radius 2 is 1.34 bits per heavy atom. The number of benzene rings is 3. The van der Waals surface area contributed by atoms with E-state index in [1.807, 2.05) is 62.4 Å². The molecule has 0 fully saturated rings. The maximum Gasteiger partial charge on any atom is 0.161 e. The smallest absolute Gasteiger partial charge is 0.161 e. The van der Waals surface area contributed by atoms with Crippen molar-refractivity contribution in [1.29, 1.82) is 0 Å². The summed E-state index contributed by atoms with van der Waals surface area (Å²) in [4.78, 5) is 4.97. The largest absolute Gasteiger partial charge is 0.493 e. The van der Waals surface area contributed by atoms with Gasteiger partial charge in [-0.3, -0.25) is 0 Å². The van der Waals surface area contributed by atoms with Gasteiger partial charge in [-0.15, -0.1) is 0 Å². The number of pyridine rings is 1. The number of methoxy groups -OCH3 is 4. The molecule has 0 amide bonds. The second-order valence-electron chi connectivity index (χ2n) is 9.17. The standard InChI is InChI=1S/C29H32N2O4/c1-29(2,30)17-19-14-27(34-5)28(35-6)16-21(19)22-15-24(31-23-10-8-7-9-20(22)23)18-11-12-25(32-3)26(13-18)33-4/h7-16H,17,30H2,1-6H3. The molecule has 0 aliphatic rings. The lowest BCUT2D eigenvalue weighted by Gasteiger charge is -2.23. The highest BCUT2D eigenvalue weighted by Gasteiger charge is 2.21. The lowest BCUT2D eigenvalue weighted by Crippen LogP contribution is -2.34. The van der Waals surface area contributed by atoms with Crippen LogP contribution in [-0.2, 0) is 6.42 Å². The van der Waals surface area contributed by atoms with E-state index in [-0.39, 0.29) is 0 Å². The van der Waals surface area contributed by atoms with Gasteiger partial charge in [-0.25, -0.2) is 4.98 Å². The third-order valence-corrected chi connectivity index (χ3v) is 5.94. The molecular formula is C29H32N2O4. The molecule has 3 aromatic carbocycles. The predicted octanol–water partition coefficient (Wildman–Crippen LogP) is 5.88. The van der Waals surface area contributed by atoms with Crippen LogP contribution in [-0.4, -0.2) is 39.0 Å². The number of para-hydroxylation sites is 1. The first-order chi connectivity index (χ1) is 16.8. The summed E-state index contributed by atoms with van der Waals surface area (Å²) in [6.07, 6.45) is 0.658. The number of hydrogen-bond donors (Lipinski definition) is 1. The van der Waals surface area contributed by atoms with Crippen molar-refractivity contribution < 1.29 is 18.9 Å². The molecule has 1 aromatic heterocycles. The first-order valence-corrected chi connectivity index (χ1v) is 11.4. The fourth-order valence-corrected chi connectivity index (χ4v) is 4.35. The highest BCUT2D eigenvalue weighted by Crippen LogP contribution is 2.41. The van der Waals surface area contributed by atoms with E-state index < -0.39 is 5.54 Å². The Labute approximate surface area is 206 Å². The van der Waals surface area contributed by atoms with E-state index in [4.69, 9.17) is 29.7 Å². The summed E-state index contributed by atoms with van der Waals surface area (Å²) in [6, 6.07) is 20.1. The lowest BCUT2D eigenvalue weighted by atomic mass is 9.88. The molecule has 0 atom stereocenters. The maximum absolute atomic E-state index is 6.46. The molecule has 6 nitrogen and oxygen atoms in total. The van der Waals surface area contributed by atoms with Crippen LogP contribution in [0.25, 0.3) is 33.3 Å². The van der Waals surface area contributed by atoms with Crippen molar-refractivity contribution in [3.05, 3.63) is 66.2 Å². The third kappa shape index (κ3) is 5.03. The summed E-state index contributed by atoms with van der Waals surface area (Å²) >= 11 is 0. The van der Waals surface area contributed by atoms with Gasteiger partial charge in [-0.1, -0.05) is 18.2 Å². The normalized spacial score (nSPS) is 11.4. The lowest BCUT2D eigenvalue weighted by molar-refractivity contribution is 0.354. The van der Waals surface area contributed by atoms with Crippen LogP contribution in [0, 0.1) is 0 Å². The topological polar surface area (TPSA) is 75.8 Å². The van der Waals surface area contributed by atoms with Crippen molar-refractivity contribution in [2.45, 2.75) is 25.8 Å². The second kappa shape index (κ2) is 9.84. The number of rotatable bonds is 8. The maximum atomic E-state index is 6.46. The molecule has 0 unspecified atom stereocenters. The molecule has 4 rings (SSSR count). The van der Waals surface area contributed by atoms with Gasteiger partial charge < -0.3 is 24.7 Å². The van der Waals surface area contributed by atoms with Gasteiger partial charge in [-0.05, 0) is 79.4 Å². The molecule has 35 heavy (non-hydrogen) atoms. The Balaban J connectivity index is 2.01. The van der Waals surface area contributed by atoms with E-state index in [0.29, 0.717) is 29.4 Å². The predicted molar refractivity (Wildman–Crippen MR) is 141 cm³/mol.